The fraction of sp³-hybridized carbons (Fsp3) is 0.192. The summed E-state index contributed by atoms with van der Waals surface area (Å²) in [7, 11) is 0. The Hall–Kier alpha value is -4.24. The van der Waals surface area contributed by atoms with Crippen LogP contribution in [0.4, 0.5) is 10.1 Å². The Labute approximate surface area is 199 Å². The Balaban J connectivity index is 1.34. The van der Waals surface area contributed by atoms with Crippen LogP contribution in [0.25, 0.3) is 0 Å². The van der Waals surface area contributed by atoms with Crippen molar-refractivity contribution in [1.29, 1.82) is 0 Å². The molecular weight excluding hydrogens is 457 g/mol. The van der Waals surface area contributed by atoms with Crippen LogP contribution in [0.1, 0.15) is 49.1 Å². The number of benzene rings is 3. The van der Waals surface area contributed by atoms with E-state index < -0.39 is 23.6 Å². The average Bonchev–Trinajstić information content (AvgIpc) is 3.12. The van der Waals surface area contributed by atoms with Gasteiger partial charge in [-0.25, -0.2) is 14.1 Å². The maximum Gasteiger partial charge on any atom is 0.338 e. The van der Waals surface area contributed by atoms with Gasteiger partial charge in [-0.15, -0.1) is 0 Å². The number of amides is 2. The number of ether oxygens (including phenoxy) is 4. The molecule has 0 unspecified atom stereocenters. The number of rotatable bonds is 6. The molecule has 9 heteroatoms. The molecule has 5 rings (SSSR count). The van der Waals surface area contributed by atoms with Gasteiger partial charge in [-0.2, -0.15) is 0 Å². The van der Waals surface area contributed by atoms with Crippen molar-refractivity contribution < 1.29 is 37.7 Å². The Kier molecular flexibility index (Phi) is 5.92. The minimum atomic E-state index is -0.724. The number of hydrogen-bond acceptors (Lipinski definition) is 7. The molecule has 0 spiro atoms. The van der Waals surface area contributed by atoms with E-state index in [9.17, 15) is 18.8 Å². The summed E-state index contributed by atoms with van der Waals surface area (Å²) < 4.78 is 35.3. The highest BCUT2D eigenvalue weighted by Crippen LogP contribution is 2.32. The highest BCUT2D eigenvalue weighted by Gasteiger charge is 2.37. The summed E-state index contributed by atoms with van der Waals surface area (Å²) >= 11 is 0. The zero-order valence-electron chi connectivity index (χ0n) is 18.7. The molecule has 178 valence electrons. The Morgan fingerprint density at radius 1 is 1.03 bits per heavy atom. The first-order valence-electron chi connectivity index (χ1n) is 10.9. The molecule has 0 saturated heterocycles. The first kappa shape index (κ1) is 22.5. The van der Waals surface area contributed by atoms with Gasteiger partial charge in [0.25, 0.3) is 11.8 Å². The van der Waals surface area contributed by atoms with E-state index in [-0.39, 0.29) is 36.7 Å². The number of carbonyl (C=O) groups is 3. The average molecular weight is 477 g/mol. The molecule has 0 aliphatic carbocycles. The molecule has 2 heterocycles. The van der Waals surface area contributed by atoms with Crippen molar-refractivity contribution >= 4 is 23.5 Å². The van der Waals surface area contributed by atoms with Crippen molar-refractivity contribution in [1.82, 2.24) is 0 Å². The third kappa shape index (κ3) is 4.22. The van der Waals surface area contributed by atoms with Gasteiger partial charge in [-0.05, 0) is 61.5 Å². The SMILES string of the molecule is CCOc1ccc(N2C(=O)c3ccc(C(=O)OCc4cc(F)cc5c4OCOC5)cc3C2=O)cc1. The second-order valence-corrected chi connectivity index (χ2v) is 7.87. The molecule has 8 nitrogen and oxygen atoms in total. The zero-order valence-corrected chi connectivity index (χ0v) is 18.7. The van der Waals surface area contributed by atoms with Crippen LogP contribution in [-0.4, -0.2) is 31.2 Å². The van der Waals surface area contributed by atoms with Gasteiger partial charge in [0.05, 0.1) is 35.6 Å². The van der Waals surface area contributed by atoms with Gasteiger partial charge >= 0.3 is 5.97 Å². The number of carbonyl (C=O) groups excluding carboxylic acids is 3. The van der Waals surface area contributed by atoms with E-state index in [4.69, 9.17) is 18.9 Å². The van der Waals surface area contributed by atoms with Gasteiger partial charge in [0.2, 0.25) is 0 Å². The minimum Gasteiger partial charge on any atom is -0.494 e. The summed E-state index contributed by atoms with van der Waals surface area (Å²) in [6, 6.07) is 13.3. The second-order valence-electron chi connectivity index (χ2n) is 7.87. The molecule has 0 fully saturated rings. The number of imide groups is 1. The van der Waals surface area contributed by atoms with Gasteiger partial charge in [0.15, 0.2) is 6.79 Å². The molecule has 2 aliphatic heterocycles. The Bertz CT molecular complexity index is 1340. The quantitative estimate of drug-likeness (QED) is 0.387. The number of anilines is 1. The smallest absolute Gasteiger partial charge is 0.338 e. The molecule has 2 aliphatic rings. The van der Waals surface area contributed by atoms with Crippen LogP contribution >= 0.6 is 0 Å². The highest BCUT2D eigenvalue weighted by atomic mass is 19.1. The largest absolute Gasteiger partial charge is 0.494 e. The van der Waals surface area contributed by atoms with Gasteiger partial charge in [0.1, 0.15) is 23.9 Å². The van der Waals surface area contributed by atoms with Crippen LogP contribution in [0.2, 0.25) is 0 Å². The molecule has 2 amide bonds. The van der Waals surface area contributed by atoms with Gasteiger partial charge in [-0.1, -0.05) is 0 Å². The summed E-state index contributed by atoms with van der Waals surface area (Å²) in [5.74, 6) is -1.21. The van der Waals surface area contributed by atoms with Crippen LogP contribution < -0.4 is 14.4 Å². The van der Waals surface area contributed by atoms with Gasteiger partial charge in [0, 0.05) is 11.1 Å². The summed E-state index contributed by atoms with van der Waals surface area (Å²) in [5, 5.41) is 0. The van der Waals surface area contributed by atoms with Crippen molar-refractivity contribution in [2.45, 2.75) is 20.1 Å². The molecule has 3 aromatic rings. The van der Waals surface area contributed by atoms with Crippen LogP contribution in [0.15, 0.2) is 54.6 Å². The molecule has 3 aromatic carbocycles. The lowest BCUT2D eigenvalue weighted by Gasteiger charge is -2.20. The minimum absolute atomic E-state index is 0.0192. The van der Waals surface area contributed by atoms with E-state index in [1.807, 2.05) is 6.92 Å². The summed E-state index contributed by atoms with van der Waals surface area (Å²) in [4.78, 5) is 39.7. The molecule has 0 aromatic heterocycles. The van der Waals surface area contributed by atoms with Crippen molar-refractivity contribution in [3.8, 4) is 11.5 Å². The van der Waals surface area contributed by atoms with Crippen molar-refractivity contribution in [3.63, 3.8) is 0 Å². The predicted molar refractivity (Wildman–Crippen MR) is 121 cm³/mol. The second kappa shape index (κ2) is 9.19. The van der Waals surface area contributed by atoms with E-state index >= 15 is 0 Å². The number of halogens is 1. The first-order chi connectivity index (χ1) is 17.0. The summed E-state index contributed by atoms with van der Waals surface area (Å²) in [6.45, 7) is 2.33. The number of hydrogen-bond donors (Lipinski definition) is 0. The molecule has 35 heavy (non-hydrogen) atoms. The summed E-state index contributed by atoms with van der Waals surface area (Å²) in [5.41, 5.74) is 1.66. The van der Waals surface area contributed by atoms with Crippen molar-refractivity contribution in [3.05, 3.63) is 88.2 Å². The molecule has 0 bridgehead atoms. The zero-order chi connectivity index (χ0) is 24.5. The van der Waals surface area contributed by atoms with E-state index in [0.29, 0.717) is 34.9 Å². The molecular formula is C26H20FNO7. The summed E-state index contributed by atoms with van der Waals surface area (Å²) in [6.07, 6.45) is 0. The molecule has 0 N–H and O–H groups in total. The maximum atomic E-state index is 13.9. The number of esters is 1. The molecule has 0 radical (unpaired) electrons. The van der Waals surface area contributed by atoms with E-state index in [2.05, 4.69) is 0 Å². The standard InChI is InChI=1S/C26H20FNO7/c1-2-33-20-6-4-19(5-7-20)28-24(29)21-8-3-15(11-22(21)25(28)30)26(31)34-13-17-10-18(27)9-16-12-32-14-35-23(16)17/h3-11H,2,12-14H2,1H3. The van der Waals surface area contributed by atoms with Gasteiger partial charge < -0.3 is 18.9 Å². The van der Waals surface area contributed by atoms with Crippen molar-refractivity contribution in [2.24, 2.45) is 0 Å². The Morgan fingerprint density at radius 3 is 2.57 bits per heavy atom. The van der Waals surface area contributed by atoms with Crippen LogP contribution in [0.3, 0.4) is 0 Å². The predicted octanol–water partition coefficient (Wildman–Crippen LogP) is 4.25. The lowest BCUT2D eigenvalue weighted by Crippen LogP contribution is -2.29. The van der Waals surface area contributed by atoms with E-state index in [0.717, 1.165) is 4.90 Å². The van der Waals surface area contributed by atoms with E-state index in [1.165, 1.54) is 30.3 Å². The fourth-order valence-corrected chi connectivity index (χ4v) is 4.05. The fourth-order valence-electron chi connectivity index (χ4n) is 4.05. The highest BCUT2D eigenvalue weighted by molar-refractivity contribution is 6.34. The van der Waals surface area contributed by atoms with Crippen LogP contribution in [-0.2, 0) is 22.7 Å². The molecule has 0 saturated carbocycles. The van der Waals surface area contributed by atoms with Crippen molar-refractivity contribution in [2.75, 3.05) is 18.3 Å². The monoisotopic (exact) mass is 477 g/mol. The number of nitrogens with zero attached hydrogens (tertiary/aromatic N) is 1. The van der Waals surface area contributed by atoms with Gasteiger partial charge in [-0.3, -0.25) is 9.59 Å². The molecule has 0 atom stereocenters. The van der Waals surface area contributed by atoms with E-state index in [1.54, 1.807) is 24.3 Å². The van der Waals surface area contributed by atoms with Crippen LogP contribution in [0.5, 0.6) is 11.5 Å². The Morgan fingerprint density at radius 2 is 1.80 bits per heavy atom. The lowest BCUT2D eigenvalue weighted by molar-refractivity contribution is -0.0183. The lowest BCUT2D eigenvalue weighted by atomic mass is 10.1. The van der Waals surface area contributed by atoms with Crippen LogP contribution in [0, 0.1) is 5.82 Å². The topological polar surface area (TPSA) is 91.4 Å². The number of fused-ring (bicyclic) bond motifs is 2. The normalized spacial score (nSPS) is 14.3. The first-order valence-corrected chi connectivity index (χ1v) is 10.9. The maximum absolute atomic E-state index is 13.9. The third-order valence-electron chi connectivity index (χ3n) is 5.64. The third-order valence-corrected chi connectivity index (χ3v) is 5.64.